The first-order valence-electron chi connectivity index (χ1n) is 6.17. The van der Waals surface area contributed by atoms with Gasteiger partial charge in [0.1, 0.15) is 5.82 Å². The molecule has 0 atom stereocenters. The van der Waals surface area contributed by atoms with Gasteiger partial charge in [-0.25, -0.2) is 0 Å². The fourth-order valence-corrected chi connectivity index (χ4v) is 2.65. The first-order valence-corrected chi connectivity index (χ1v) is 6.17. The van der Waals surface area contributed by atoms with Gasteiger partial charge >= 0.3 is 0 Å². The van der Waals surface area contributed by atoms with Crippen LogP contribution in [0.25, 0.3) is 11.1 Å². The van der Waals surface area contributed by atoms with E-state index in [0.717, 1.165) is 27.9 Å². The predicted molar refractivity (Wildman–Crippen MR) is 74.9 cm³/mol. The number of hydrogen-bond donors (Lipinski definition) is 1. The lowest BCUT2D eigenvalue weighted by molar-refractivity contribution is -0.117. The van der Waals surface area contributed by atoms with Gasteiger partial charge in [-0.2, -0.15) is 5.10 Å². The smallest absolute Gasteiger partial charge is 0.231 e. The molecule has 2 aromatic rings. The van der Waals surface area contributed by atoms with E-state index in [1.807, 2.05) is 14.0 Å². The Hall–Kier alpha value is -2.30. The number of aryl methyl sites for hydroxylation is 2. The van der Waals surface area contributed by atoms with Crippen molar-refractivity contribution in [3.8, 4) is 11.1 Å². The van der Waals surface area contributed by atoms with Crippen molar-refractivity contribution in [1.29, 1.82) is 0 Å². The Morgan fingerprint density at radius 2 is 2.00 bits per heavy atom. The van der Waals surface area contributed by atoms with E-state index in [0.29, 0.717) is 12.2 Å². The number of carbonyl (C=O) groups excluding carboxylic acids is 1. The molecule has 1 aromatic heterocycles. The average Bonchev–Trinajstić information content (AvgIpc) is 2.81. The maximum atomic E-state index is 11.9. The zero-order valence-electron chi connectivity index (χ0n) is 11.3. The third-order valence-corrected chi connectivity index (χ3v) is 3.66. The molecule has 19 heavy (non-hydrogen) atoms. The van der Waals surface area contributed by atoms with Crippen LogP contribution in [0, 0.1) is 6.92 Å². The highest BCUT2D eigenvalue weighted by Crippen LogP contribution is 2.40. The topological polar surface area (TPSA) is 64.2 Å². The molecular weight excluding hydrogens is 240 g/mol. The number of carbonyl (C=O) groups is 1. The summed E-state index contributed by atoms with van der Waals surface area (Å²) in [6.45, 7) is 2.03. The van der Waals surface area contributed by atoms with Crippen LogP contribution in [0.1, 0.15) is 11.1 Å². The van der Waals surface area contributed by atoms with Crippen molar-refractivity contribution in [2.75, 3.05) is 17.7 Å². The van der Waals surface area contributed by atoms with Gasteiger partial charge in [-0.1, -0.05) is 11.6 Å². The van der Waals surface area contributed by atoms with Crippen molar-refractivity contribution in [3.63, 3.8) is 0 Å². The molecule has 0 bridgehead atoms. The molecule has 0 saturated heterocycles. The van der Waals surface area contributed by atoms with E-state index in [1.165, 1.54) is 0 Å². The number of fused-ring (bicyclic) bond motifs is 1. The summed E-state index contributed by atoms with van der Waals surface area (Å²) in [5.74, 6) is 0.727. The summed E-state index contributed by atoms with van der Waals surface area (Å²) in [5.41, 5.74) is 11.1. The second-order valence-electron chi connectivity index (χ2n) is 5.02. The number of nitrogens with zero attached hydrogens (tertiary/aromatic N) is 3. The van der Waals surface area contributed by atoms with Gasteiger partial charge in [0.15, 0.2) is 0 Å². The van der Waals surface area contributed by atoms with Gasteiger partial charge in [0.05, 0.1) is 18.3 Å². The standard InChI is InChI=1S/C14H16N4O/c1-8-4-9-6-12(19)17(2)13(9)10(5-8)11-7-16-18(3)14(11)15/h4-5,7H,6,15H2,1-3H3. The lowest BCUT2D eigenvalue weighted by Gasteiger charge is -2.16. The van der Waals surface area contributed by atoms with Crippen LogP contribution in [0.4, 0.5) is 11.5 Å². The minimum atomic E-state index is 0.115. The summed E-state index contributed by atoms with van der Waals surface area (Å²) in [6.07, 6.45) is 2.21. The molecule has 0 aliphatic carbocycles. The first kappa shape index (κ1) is 11.8. The highest BCUT2D eigenvalue weighted by molar-refractivity contribution is 6.06. The molecule has 0 radical (unpaired) electrons. The van der Waals surface area contributed by atoms with E-state index in [-0.39, 0.29) is 5.91 Å². The Bertz CT molecular complexity index is 687. The molecule has 1 aliphatic rings. The minimum Gasteiger partial charge on any atom is -0.383 e. The van der Waals surface area contributed by atoms with Crippen molar-refractivity contribution in [2.45, 2.75) is 13.3 Å². The molecule has 0 fully saturated rings. The zero-order chi connectivity index (χ0) is 13.7. The maximum Gasteiger partial charge on any atom is 0.231 e. The third kappa shape index (κ3) is 1.62. The van der Waals surface area contributed by atoms with Gasteiger partial charge in [-0.05, 0) is 18.6 Å². The van der Waals surface area contributed by atoms with Gasteiger partial charge in [0.2, 0.25) is 5.91 Å². The summed E-state index contributed by atoms with van der Waals surface area (Å²) < 4.78 is 1.64. The Balaban J connectivity index is 2.29. The number of aromatic nitrogens is 2. The van der Waals surface area contributed by atoms with Crippen molar-refractivity contribution >= 4 is 17.4 Å². The van der Waals surface area contributed by atoms with Crippen LogP contribution >= 0.6 is 0 Å². The maximum absolute atomic E-state index is 11.9. The van der Waals surface area contributed by atoms with E-state index >= 15 is 0 Å². The average molecular weight is 256 g/mol. The van der Waals surface area contributed by atoms with Crippen molar-refractivity contribution in [1.82, 2.24) is 9.78 Å². The van der Waals surface area contributed by atoms with Gasteiger partial charge in [-0.15, -0.1) is 0 Å². The number of hydrogen-bond acceptors (Lipinski definition) is 3. The van der Waals surface area contributed by atoms with Crippen LogP contribution in [-0.2, 0) is 18.3 Å². The molecule has 5 nitrogen and oxygen atoms in total. The zero-order valence-corrected chi connectivity index (χ0v) is 11.3. The molecule has 98 valence electrons. The second kappa shape index (κ2) is 3.85. The fraction of sp³-hybridized carbons (Fsp3) is 0.286. The number of benzene rings is 1. The molecular formula is C14H16N4O. The highest BCUT2D eigenvalue weighted by atomic mass is 16.2. The summed E-state index contributed by atoms with van der Waals surface area (Å²) in [5, 5.41) is 4.18. The SMILES string of the molecule is Cc1cc2c(c(-c3cnn(C)c3N)c1)N(C)C(=O)C2. The fourth-order valence-electron chi connectivity index (χ4n) is 2.65. The minimum absolute atomic E-state index is 0.115. The first-order chi connectivity index (χ1) is 8.99. The van der Waals surface area contributed by atoms with E-state index in [1.54, 1.807) is 22.8 Å². The Kier molecular flexibility index (Phi) is 2.38. The third-order valence-electron chi connectivity index (χ3n) is 3.66. The molecule has 0 unspecified atom stereocenters. The molecule has 0 spiro atoms. The lowest BCUT2D eigenvalue weighted by Crippen LogP contribution is -2.21. The monoisotopic (exact) mass is 256 g/mol. The quantitative estimate of drug-likeness (QED) is 0.841. The van der Waals surface area contributed by atoms with Crippen LogP contribution < -0.4 is 10.6 Å². The number of nitrogen functional groups attached to an aromatic ring is 1. The van der Waals surface area contributed by atoms with Gasteiger partial charge in [0.25, 0.3) is 0 Å². The van der Waals surface area contributed by atoms with Crippen LogP contribution in [0.15, 0.2) is 18.3 Å². The summed E-state index contributed by atoms with van der Waals surface area (Å²) in [6, 6.07) is 4.12. The molecule has 3 rings (SSSR count). The normalized spacial score (nSPS) is 14.1. The Morgan fingerprint density at radius 1 is 1.26 bits per heavy atom. The van der Waals surface area contributed by atoms with Gasteiger partial charge < -0.3 is 10.6 Å². The van der Waals surface area contributed by atoms with Gasteiger partial charge in [-0.3, -0.25) is 9.48 Å². The molecule has 2 heterocycles. The molecule has 1 aromatic carbocycles. The largest absolute Gasteiger partial charge is 0.383 e. The van der Waals surface area contributed by atoms with Crippen LogP contribution in [-0.4, -0.2) is 22.7 Å². The van der Waals surface area contributed by atoms with Gasteiger partial charge in [0, 0.05) is 25.2 Å². The second-order valence-corrected chi connectivity index (χ2v) is 5.02. The Morgan fingerprint density at radius 3 is 2.63 bits per heavy atom. The molecule has 1 aliphatic heterocycles. The molecule has 0 saturated carbocycles. The number of likely N-dealkylation sites (N-methyl/N-ethyl adjacent to an activating group) is 1. The predicted octanol–water partition coefficient (Wildman–Crippen LogP) is 1.50. The molecule has 1 amide bonds. The molecule has 5 heteroatoms. The Labute approximate surface area is 111 Å². The highest BCUT2D eigenvalue weighted by Gasteiger charge is 2.28. The lowest BCUT2D eigenvalue weighted by atomic mass is 9.99. The van der Waals surface area contributed by atoms with Crippen molar-refractivity contribution in [2.24, 2.45) is 7.05 Å². The summed E-state index contributed by atoms with van der Waals surface area (Å²) in [4.78, 5) is 13.6. The number of anilines is 2. The number of amides is 1. The molecule has 2 N–H and O–H groups in total. The number of nitrogens with two attached hydrogens (primary N) is 1. The van der Waals surface area contributed by atoms with E-state index in [4.69, 9.17) is 5.73 Å². The van der Waals surface area contributed by atoms with E-state index in [2.05, 4.69) is 17.2 Å². The van der Waals surface area contributed by atoms with E-state index in [9.17, 15) is 4.79 Å². The number of rotatable bonds is 1. The summed E-state index contributed by atoms with van der Waals surface area (Å²) >= 11 is 0. The van der Waals surface area contributed by atoms with Crippen molar-refractivity contribution < 1.29 is 4.79 Å². The van der Waals surface area contributed by atoms with Crippen molar-refractivity contribution in [3.05, 3.63) is 29.5 Å². The van der Waals surface area contributed by atoms with Crippen LogP contribution in [0.5, 0.6) is 0 Å². The van der Waals surface area contributed by atoms with Crippen LogP contribution in [0.3, 0.4) is 0 Å². The summed E-state index contributed by atoms with van der Waals surface area (Å²) in [7, 11) is 3.61. The van der Waals surface area contributed by atoms with Crippen LogP contribution in [0.2, 0.25) is 0 Å². The van der Waals surface area contributed by atoms with E-state index < -0.39 is 0 Å².